The second kappa shape index (κ2) is 6.36. The number of hydrogen-bond donors (Lipinski definition) is 2. The smallest absolute Gasteiger partial charge is 0.271 e. The molecule has 1 heterocycles. The first-order chi connectivity index (χ1) is 9.55. The van der Waals surface area contributed by atoms with Gasteiger partial charge < -0.3 is 9.84 Å². The van der Waals surface area contributed by atoms with Gasteiger partial charge in [0.25, 0.3) is 10.0 Å². The standard InChI is InChI=1S/C13H15NO4S2/c1-18-8-10-3-2-4-12(5-10)14-20(16,17)13-6-11(7-15)9-19-13/h2-6,9,14-15H,7-8H2,1H3. The molecule has 1 aromatic heterocycles. The van der Waals surface area contributed by atoms with E-state index in [1.54, 1.807) is 30.7 Å². The third-order valence-electron chi connectivity index (χ3n) is 2.57. The van der Waals surface area contributed by atoms with Crippen molar-refractivity contribution >= 4 is 27.0 Å². The van der Waals surface area contributed by atoms with Crippen LogP contribution in [0.15, 0.2) is 39.9 Å². The maximum absolute atomic E-state index is 12.2. The summed E-state index contributed by atoms with van der Waals surface area (Å²) in [6.45, 7) is 0.249. The third kappa shape index (κ3) is 3.57. The van der Waals surface area contributed by atoms with Gasteiger partial charge in [-0.2, -0.15) is 0 Å². The number of thiophene rings is 1. The highest BCUT2D eigenvalue weighted by molar-refractivity contribution is 7.94. The summed E-state index contributed by atoms with van der Waals surface area (Å²) in [5.41, 5.74) is 1.96. The van der Waals surface area contributed by atoms with Crippen LogP contribution in [0.2, 0.25) is 0 Å². The summed E-state index contributed by atoms with van der Waals surface area (Å²) in [6, 6.07) is 8.49. The van der Waals surface area contributed by atoms with Crippen LogP contribution in [0.4, 0.5) is 5.69 Å². The van der Waals surface area contributed by atoms with Gasteiger partial charge in [0, 0.05) is 12.8 Å². The molecule has 0 atom stereocenters. The summed E-state index contributed by atoms with van der Waals surface area (Å²) >= 11 is 1.08. The van der Waals surface area contributed by atoms with Crippen molar-refractivity contribution in [3.05, 3.63) is 46.8 Å². The highest BCUT2D eigenvalue weighted by Crippen LogP contribution is 2.23. The number of nitrogens with one attached hydrogen (secondary N) is 1. The lowest BCUT2D eigenvalue weighted by Gasteiger charge is -2.07. The molecule has 20 heavy (non-hydrogen) atoms. The SMILES string of the molecule is COCc1cccc(NS(=O)(=O)c2cc(CO)cs2)c1. The Morgan fingerprint density at radius 1 is 1.30 bits per heavy atom. The number of anilines is 1. The first kappa shape index (κ1) is 15.0. The number of aliphatic hydroxyl groups excluding tert-OH is 1. The average molecular weight is 313 g/mol. The number of benzene rings is 1. The number of sulfonamides is 1. The molecule has 1 aromatic carbocycles. The molecule has 0 radical (unpaired) electrons. The molecule has 0 saturated carbocycles. The van der Waals surface area contributed by atoms with Crippen molar-refractivity contribution in [2.24, 2.45) is 0 Å². The van der Waals surface area contributed by atoms with E-state index in [0.717, 1.165) is 16.9 Å². The number of ether oxygens (including phenoxy) is 1. The molecule has 2 rings (SSSR count). The molecule has 0 fully saturated rings. The number of rotatable bonds is 6. The average Bonchev–Trinajstić information content (AvgIpc) is 2.88. The van der Waals surface area contributed by atoms with E-state index in [1.165, 1.54) is 6.07 Å². The first-order valence-corrected chi connectivity index (χ1v) is 8.20. The number of methoxy groups -OCH3 is 1. The molecule has 2 N–H and O–H groups in total. The second-order valence-corrected chi connectivity index (χ2v) is 6.99. The van der Waals surface area contributed by atoms with E-state index < -0.39 is 10.0 Å². The van der Waals surface area contributed by atoms with Gasteiger partial charge in [-0.15, -0.1) is 11.3 Å². The van der Waals surface area contributed by atoms with Gasteiger partial charge in [-0.05, 0) is 34.7 Å². The minimum atomic E-state index is -3.62. The summed E-state index contributed by atoms with van der Waals surface area (Å²) in [6.07, 6.45) is 0. The maximum Gasteiger partial charge on any atom is 0.271 e. The molecule has 0 bridgehead atoms. The molecule has 7 heteroatoms. The molecule has 108 valence electrons. The van der Waals surface area contributed by atoms with Crippen LogP contribution in [0.25, 0.3) is 0 Å². The van der Waals surface area contributed by atoms with E-state index in [-0.39, 0.29) is 10.8 Å². The van der Waals surface area contributed by atoms with Gasteiger partial charge in [0.2, 0.25) is 0 Å². The van der Waals surface area contributed by atoms with Crippen molar-refractivity contribution in [3.8, 4) is 0 Å². The molecular weight excluding hydrogens is 298 g/mol. The van der Waals surface area contributed by atoms with Crippen LogP contribution < -0.4 is 4.72 Å². The molecule has 0 spiro atoms. The monoisotopic (exact) mass is 313 g/mol. The van der Waals surface area contributed by atoms with E-state index in [9.17, 15) is 8.42 Å². The van der Waals surface area contributed by atoms with Crippen LogP contribution in [0.1, 0.15) is 11.1 Å². The Labute approximate surface area is 121 Å². The quantitative estimate of drug-likeness (QED) is 0.857. The zero-order valence-corrected chi connectivity index (χ0v) is 12.5. The van der Waals surface area contributed by atoms with Crippen molar-refractivity contribution < 1.29 is 18.3 Å². The third-order valence-corrected chi connectivity index (χ3v) is 5.44. The van der Waals surface area contributed by atoms with Gasteiger partial charge in [-0.25, -0.2) is 8.42 Å². The Kier molecular flexibility index (Phi) is 4.77. The Hall–Kier alpha value is -1.41. The minimum absolute atomic E-state index is 0.171. The minimum Gasteiger partial charge on any atom is -0.392 e. The largest absolute Gasteiger partial charge is 0.392 e. The van der Waals surface area contributed by atoms with Crippen LogP contribution in [0, 0.1) is 0 Å². The molecule has 0 aliphatic carbocycles. The van der Waals surface area contributed by atoms with Crippen LogP contribution in [0.3, 0.4) is 0 Å². The zero-order valence-electron chi connectivity index (χ0n) is 10.9. The Balaban J connectivity index is 2.21. The van der Waals surface area contributed by atoms with E-state index in [1.807, 2.05) is 6.07 Å². The fraction of sp³-hybridized carbons (Fsp3) is 0.231. The molecule has 0 aliphatic rings. The lowest BCUT2D eigenvalue weighted by molar-refractivity contribution is 0.185. The van der Waals surface area contributed by atoms with Gasteiger partial charge in [0.05, 0.1) is 13.2 Å². The van der Waals surface area contributed by atoms with Gasteiger partial charge in [-0.1, -0.05) is 12.1 Å². The fourth-order valence-corrected chi connectivity index (χ4v) is 3.92. The zero-order chi connectivity index (χ0) is 14.6. The van der Waals surface area contributed by atoms with Gasteiger partial charge in [0.1, 0.15) is 4.21 Å². The highest BCUT2D eigenvalue weighted by Gasteiger charge is 2.16. The number of aliphatic hydroxyl groups is 1. The van der Waals surface area contributed by atoms with Crippen LogP contribution >= 0.6 is 11.3 Å². The van der Waals surface area contributed by atoms with E-state index >= 15 is 0 Å². The van der Waals surface area contributed by atoms with E-state index in [2.05, 4.69) is 4.72 Å². The Bertz CT molecular complexity index is 679. The van der Waals surface area contributed by atoms with Gasteiger partial charge >= 0.3 is 0 Å². The van der Waals surface area contributed by atoms with Crippen molar-refractivity contribution in [1.29, 1.82) is 0 Å². The topological polar surface area (TPSA) is 75.6 Å². The summed E-state index contributed by atoms with van der Waals surface area (Å²) in [5, 5.41) is 10.6. The summed E-state index contributed by atoms with van der Waals surface area (Å²) in [4.78, 5) is 0. The summed E-state index contributed by atoms with van der Waals surface area (Å²) in [7, 11) is -2.04. The molecular formula is C13H15NO4S2. The summed E-state index contributed by atoms with van der Waals surface area (Å²) < 4.78 is 32.1. The van der Waals surface area contributed by atoms with E-state index in [4.69, 9.17) is 9.84 Å². The molecule has 0 unspecified atom stereocenters. The molecule has 0 amide bonds. The fourth-order valence-electron chi connectivity index (χ4n) is 1.67. The van der Waals surface area contributed by atoms with Crippen molar-refractivity contribution in [3.63, 3.8) is 0 Å². The van der Waals surface area contributed by atoms with Crippen molar-refractivity contribution in [2.45, 2.75) is 17.4 Å². The predicted molar refractivity (Wildman–Crippen MR) is 78.2 cm³/mol. The maximum atomic E-state index is 12.2. The predicted octanol–water partition coefficient (Wildman–Crippen LogP) is 2.19. The van der Waals surface area contributed by atoms with Gasteiger partial charge in [0.15, 0.2) is 0 Å². The normalized spacial score (nSPS) is 11.5. The molecule has 0 aliphatic heterocycles. The van der Waals surface area contributed by atoms with E-state index in [0.29, 0.717) is 17.9 Å². The van der Waals surface area contributed by atoms with Crippen LogP contribution in [-0.2, 0) is 28.0 Å². The van der Waals surface area contributed by atoms with Crippen LogP contribution in [0.5, 0.6) is 0 Å². The Morgan fingerprint density at radius 2 is 2.10 bits per heavy atom. The lowest BCUT2D eigenvalue weighted by atomic mass is 10.2. The van der Waals surface area contributed by atoms with Gasteiger partial charge in [-0.3, -0.25) is 4.72 Å². The van der Waals surface area contributed by atoms with Crippen molar-refractivity contribution in [2.75, 3.05) is 11.8 Å². The first-order valence-electron chi connectivity index (χ1n) is 5.84. The Morgan fingerprint density at radius 3 is 2.75 bits per heavy atom. The summed E-state index contributed by atoms with van der Waals surface area (Å²) in [5.74, 6) is 0. The second-order valence-electron chi connectivity index (χ2n) is 4.17. The highest BCUT2D eigenvalue weighted by atomic mass is 32.2. The molecule has 5 nitrogen and oxygen atoms in total. The lowest BCUT2D eigenvalue weighted by Crippen LogP contribution is -2.11. The van der Waals surface area contributed by atoms with Crippen LogP contribution in [-0.4, -0.2) is 20.6 Å². The van der Waals surface area contributed by atoms with Crippen molar-refractivity contribution in [1.82, 2.24) is 0 Å². The molecule has 0 saturated heterocycles. The molecule has 2 aromatic rings. The number of hydrogen-bond acceptors (Lipinski definition) is 5.